The molecular weight excluding hydrogens is 434 g/mol. The first kappa shape index (κ1) is 22.2. The van der Waals surface area contributed by atoms with Crippen LogP contribution >= 0.6 is 0 Å². The van der Waals surface area contributed by atoms with E-state index >= 15 is 0 Å². The van der Waals surface area contributed by atoms with Gasteiger partial charge in [0.2, 0.25) is 0 Å². The summed E-state index contributed by atoms with van der Waals surface area (Å²) in [5.41, 5.74) is 2.46. The first-order valence-electron chi connectivity index (χ1n) is 11.9. The topological polar surface area (TPSA) is 104 Å². The number of aromatic nitrogens is 2. The molecular formula is C25H29N5O4. The van der Waals surface area contributed by atoms with Crippen LogP contribution in [0, 0.1) is 16.0 Å². The number of aromatic amines is 1. The Morgan fingerprint density at radius 1 is 1.03 bits per heavy atom. The minimum atomic E-state index is -0.389. The molecule has 0 unspecified atom stereocenters. The van der Waals surface area contributed by atoms with Crippen LogP contribution in [0.3, 0.4) is 0 Å². The fraction of sp³-hybridized carbons (Fsp3) is 0.440. The quantitative estimate of drug-likeness (QED) is 0.466. The van der Waals surface area contributed by atoms with Gasteiger partial charge in [0.25, 0.3) is 11.6 Å². The number of para-hydroxylation sites is 2. The highest BCUT2D eigenvalue weighted by Crippen LogP contribution is 2.33. The van der Waals surface area contributed by atoms with Crippen LogP contribution in [0.1, 0.15) is 49.0 Å². The van der Waals surface area contributed by atoms with Crippen molar-refractivity contribution in [2.24, 2.45) is 5.92 Å². The Kier molecular flexibility index (Phi) is 5.85. The second-order valence-electron chi connectivity index (χ2n) is 9.47. The maximum absolute atomic E-state index is 13.2. The summed E-state index contributed by atoms with van der Waals surface area (Å²) in [7, 11) is 0. The van der Waals surface area contributed by atoms with Crippen LogP contribution in [0.5, 0.6) is 0 Å². The van der Waals surface area contributed by atoms with Gasteiger partial charge in [-0.15, -0.1) is 0 Å². The van der Waals surface area contributed by atoms with Crippen LogP contribution in [0.15, 0.2) is 47.3 Å². The third-order valence-electron chi connectivity index (χ3n) is 7.28. The number of nitrogens with one attached hydrogen (secondary N) is 1. The summed E-state index contributed by atoms with van der Waals surface area (Å²) in [6, 6.07) is 12.5. The van der Waals surface area contributed by atoms with E-state index in [1.807, 2.05) is 24.3 Å². The number of piperidine rings is 2. The maximum atomic E-state index is 13.2. The Labute approximate surface area is 197 Å². The van der Waals surface area contributed by atoms with Crippen LogP contribution in [0.25, 0.3) is 11.0 Å². The van der Waals surface area contributed by atoms with Crippen LogP contribution in [-0.2, 0) is 0 Å². The van der Waals surface area contributed by atoms with Crippen molar-refractivity contribution in [3.05, 3.63) is 68.6 Å². The first-order chi connectivity index (χ1) is 16.4. The first-order valence-corrected chi connectivity index (χ1v) is 11.9. The highest BCUT2D eigenvalue weighted by molar-refractivity contribution is 5.96. The highest BCUT2D eigenvalue weighted by atomic mass is 16.6. The van der Waals surface area contributed by atoms with E-state index < -0.39 is 0 Å². The van der Waals surface area contributed by atoms with Gasteiger partial charge in [-0.1, -0.05) is 19.1 Å². The molecule has 5 rings (SSSR count). The van der Waals surface area contributed by atoms with Crippen LogP contribution in [0.4, 0.5) is 11.4 Å². The highest BCUT2D eigenvalue weighted by Gasteiger charge is 2.29. The number of fused-ring (bicyclic) bond motifs is 1. The molecule has 2 fully saturated rings. The number of carbonyl (C=O) groups is 1. The molecule has 2 aliphatic heterocycles. The number of anilines is 1. The molecule has 9 heteroatoms. The van der Waals surface area contributed by atoms with Crippen molar-refractivity contribution in [1.29, 1.82) is 0 Å². The van der Waals surface area contributed by atoms with E-state index in [4.69, 9.17) is 0 Å². The number of carbonyl (C=O) groups excluding carboxylic acids is 1. The normalized spacial score (nSPS) is 17.9. The fourth-order valence-electron chi connectivity index (χ4n) is 5.27. The van der Waals surface area contributed by atoms with Crippen molar-refractivity contribution in [3.8, 4) is 0 Å². The lowest BCUT2D eigenvalue weighted by Crippen LogP contribution is -2.40. The van der Waals surface area contributed by atoms with E-state index in [0.717, 1.165) is 37.0 Å². The lowest BCUT2D eigenvalue weighted by Gasteiger charge is -2.33. The molecule has 0 aliphatic carbocycles. The zero-order valence-corrected chi connectivity index (χ0v) is 19.3. The Hall–Kier alpha value is -3.62. The smallest absolute Gasteiger partial charge is 0.326 e. The van der Waals surface area contributed by atoms with Crippen molar-refractivity contribution in [2.45, 2.75) is 38.6 Å². The second kappa shape index (κ2) is 8.96. The molecule has 1 amide bonds. The fourth-order valence-corrected chi connectivity index (χ4v) is 5.27. The van der Waals surface area contributed by atoms with Crippen molar-refractivity contribution < 1.29 is 9.72 Å². The summed E-state index contributed by atoms with van der Waals surface area (Å²) >= 11 is 0. The van der Waals surface area contributed by atoms with Gasteiger partial charge in [0, 0.05) is 43.9 Å². The van der Waals surface area contributed by atoms with Gasteiger partial charge in [0.05, 0.1) is 16.0 Å². The van der Waals surface area contributed by atoms with Crippen LogP contribution in [0.2, 0.25) is 0 Å². The molecule has 1 aromatic heterocycles. The molecule has 0 bridgehead atoms. The zero-order chi connectivity index (χ0) is 23.8. The van der Waals surface area contributed by atoms with Gasteiger partial charge in [0.1, 0.15) is 5.69 Å². The number of benzene rings is 2. The van der Waals surface area contributed by atoms with Crippen molar-refractivity contribution in [3.63, 3.8) is 0 Å². The molecule has 3 heterocycles. The van der Waals surface area contributed by atoms with Gasteiger partial charge in [-0.2, -0.15) is 0 Å². The molecule has 178 valence electrons. The molecule has 0 spiro atoms. The van der Waals surface area contributed by atoms with Crippen molar-refractivity contribution in [1.82, 2.24) is 14.5 Å². The Bertz CT molecular complexity index is 1280. The molecule has 34 heavy (non-hydrogen) atoms. The number of nitro groups is 1. The van der Waals surface area contributed by atoms with Gasteiger partial charge < -0.3 is 14.8 Å². The minimum Gasteiger partial charge on any atom is -0.366 e. The summed E-state index contributed by atoms with van der Waals surface area (Å²) in [5.74, 6) is 0.422. The standard InChI is InChI=1S/C25H29N5O4/c1-17-8-12-27(13-9-17)22-7-6-18(16-23(22)30(33)34)24(31)28-14-10-19(11-15-28)29-21-5-3-2-4-20(21)26-25(29)32/h2-7,16-17,19H,8-15H2,1H3,(H,26,32). The van der Waals surface area contributed by atoms with E-state index in [2.05, 4.69) is 16.8 Å². The SMILES string of the molecule is CC1CCN(c2ccc(C(=O)N3CCC(n4c(=O)[nH]c5ccccc54)CC3)cc2[N+](=O)[O-])CC1. The molecule has 2 aromatic carbocycles. The van der Waals surface area contributed by atoms with E-state index in [-0.39, 0.29) is 28.2 Å². The summed E-state index contributed by atoms with van der Waals surface area (Å²) < 4.78 is 1.79. The molecule has 9 nitrogen and oxygen atoms in total. The number of amides is 1. The Balaban J connectivity index is 1.31. The van der Waals surface area contributed by atoms with E-state index in [1.165, 1.54) is 6.07 Å². The predicted molar refractivity (Wildman–Crippen MR) is 130 cm³/mol. The molecule has 0 atom stereocenters. The van der Waals surface area contributed by atoms with Gasteiger partial charge >= 0.3 is 5.69 Å². The van der Waals surface area contributed by atoms with Crippen LogP contribution in [-0.4, -0.2) is 51.5 Å². The van der Waals surface area contributed by atoms with Gasteiger partial charge in [-0.05, 0) is 55.9 Å². The minimum absolute atomic E-state index is 0.00547. The third kappa shape index (κ3) is 4.06. The number of likely N-dealkylation sites (tertiary alicyclic amines) is 1. The molecule has 1 N–H and O–H groups in total. The average Bonchev–Trinajstić information content (AvgIpc) is 3.19. The Morgan fingerprint density at radius 2 is 1.74 bits per heavy atom. The second-order valence-corrected chi connectivity index (χ2v) is 9.47. The summed E-state index contributed by atoms with van der Waals surface area (Å²) in [4.78, 5) is 43.8. The molecule has 2 saturated heterocycles. The number of imidazole rings is 1. The number of hydrogen-bond acceptors (Lipinski definition) is 5. The number of rotatable bonds is 4. The van der Waals surface area contributed by atoms with E-state index in [9.17, 15) is 19.7 Å². The number of nitro benzene ring substituents is 1. The average molecular weight is 464 g/mol. The van der Waals surface area contributed by atoms with E-state index in [0.29, 0.717) is 43.1 Å². The largest absolute Gasteiger partial charge is 0.366 e. The van der Waals surface area contributed by atoms with Crippen molar-refractivity contribution >= 4 is 28.3 Å². The third-order valence-corrected chi connectivity index (χ3v) is 7.28. The maximum Gasteiger partial charge on any atom is 0.326 e. The molecule has 3 aromatic rings. The zero-order valence-electron chi connectivity index (χ0n) is 19.3. The lowest BCUT2D eigenvalue weighted by molar-refractivity contribution is -0.384. The summed E-state index contributed by atoms with van der Waals surface area (Å²) in [6.07, 6.45) is 3.32. The molecule has 0 radical (unpaired) electrons. The lowest BCUT2D eigenvalue weighted by atomic mass is 9.98. The monoisotopic (exact) mass is 463 g/mol. The Morgan fingerprint density at radius 3 is 2.44 bits per heavy atom. The van der Waals surface area contributed by atoms with E-state index in [1.54, 1.807) is 21.6 Å². The molecule has 2 aliphatic rings. The molecule has 0 saturated carbocycles. The predicted octanol–water partition coefficient (Wildman–Crippen LogP) is 3.95. The summed E-state index contributed by atoms with van der Waals surface area (Å²) in [5, 5.41) is 11.8. The van der Waals surface area contributed by atoms with Crippen LogP contribution < -0.4 is 10.6 Å². The van der Waals surface area contributed by atoms with Gasteiger partial charge in [-0.25, -0.2) is 4.79 Å². The van der Waals surface area contributed by atoms with Gasteiger partial charge in [0.15, 0.2) is 0 Å². The number of nitrogens with zero attached hydrogens (tertiary/aromatic N) is 4. The number of H-pyrrole nitrogens is 1. The summed E-state index contributed by atoms with van der Waals surface area (Å²) in [6.45, 7) is 4.77. The number of hydrogen-bond donors (Lipinski definition) is 1. The van der Waals surface area contributed by atoms with Gasteiger partial charge in [-0.3, -0.25) is 19.5 Å². The van der Waals surface area contributed by atoms with Crippen molar-refractivity contribution in [2.75, 3.05) is 31.1 Å².